The SMILES string of the molecule is CCCCCCCCCCC/C=C\CCCCCCCC(=O)NC(COC1OC(CO)C(OC2OC(CO)C(O)C(OC3(C(=O)O)CC(O)C(NC(C)=O)C(C(O)C(O)CO)O3)C2O)C(O)C1O)C(O)/C=C/CCCCCCCCCCCC. The minimum atomic E-state index is -3.08. The number of hydrogen-bond acceptors (Lipinski definition) is 20. The van der Waals surface area contributed by atoms with Gasteiger partial charge in [-0.3, -0.25) is 9.59 Å². The van der Waals surface area contributed by atoms with Gasteiger partial charge >= 0.3 is 5.97 Å². The highest BCUT2D eigenvalue weighted by Gasteiger charge is 2.60. The first-order valence-corrected chi connectivity index (χ1v) is 31.7. The number of unbranched alkanes of at least 4 members (excludes halogenated alkanes) is 24. The molecule has 14 N–H and O–H groups in total. The number of carbonyl (C=O) groups excluding carboxylic acids is 2. The van der Waals surface area contributed by atoms with Crippen LogP contribution in [0.15, 0.2) is 24.3 Å². The van der Waals surface area contributed by atoms with Gasteiger partial charge in [-0.15, -0.1) is 0 Å². The molecule has 84 heavy (non-hydrogen) atoms. The number of rotatable bonds is 46. The van der Waals surface area contributed by atoms with E-state index in [0.717, 1.165) is 64.7 Å². The molecule has 3 aliphatic heterocycles. The molecule has 0 spiro atoms. The molecule has 18 atom stereocenters. The van der Waals surface area contributed by atoms with Crippen LogP contribution in [0.5, 0.6) is 0 Å². The van der Waals surface area contributed by atoms with Crippen molar-refractivity contribution in [3.63, 3.8) is 0 Å². The molecule has 2 amide bonds. The number of carbonyl (C=O) groups is 3. The summed E-state index contributed by atoms with van der Waals surface area (Å²) in [4.78, 5) is 38.4. The smallest absolute Gasteiger partial charge is 0.364 e. The van der Waals surface area contributed by atoms with Crippen LogP contribution < -0.4 is 10.6 Å². The molecular formula is C61H110N2O21. The Morgan fingerprint density at radius 1 is 0.619 bits per heavy atom. The van der Waals surface area contributed by atoms with Crippen LogP contribution in [-0.4, -0.2) is 215 Å². The predicted octanol–water partition coefficient (Wildman–Crippen LogP) is 3.72. The second kappa shape index (κ2) is 43.0. The van der Waals surface area contributed by atoms with Crippen molar-refractivity contribution in [2.24, 2.45) is 0 Å². The van der Waals surface area contributed by atoms with Crippen LogP contribution in [-0.2, 0) is 42.8 Å². The quantitative estimate of drug-likeness (QED) is 0.0305. The van der Waals surface area contributed by atoms with E-state index in [4.69, 9.17) is 28.4 Å². The Morgan fingerprint density at radius 2 is 1.12 bits per heavy atom. The first-order chi connectivity index (χ1) is 40.4. The van der Waals surface area contributed by atoms with E-state index in [2.05, 4.69) is 36.6 Å². The zero-order chi connectivity index (χ0) is 61.9. The van der Waals surface area contributed by atoms with E-state index in [9.17, 15) is 75.7 Å². The minimum Gasteiger partial charge on any atom is -0.477 e. The summed E-state index contributed by atoms with van der Waals surface area (Å²) in [6, 6.07) is -2.62. The molecular weight excluding hydrogens is 1100 g/mol. The molecule has 3 saturated heterocycles. The lowest BCUT2D eigenvalue weighted by Crippen LogP contribution is -2.70. The molecule has 0 aromatic carbocycles. The topological polar surface area (TPSA) is 373 Å². The Kier molecular flexibility index (Phi) is 38.6. The Bertz CT molecular complexity index is 1820. The van der Waals surface area contributed by atoms with Crippen molar-refractivity contribution >= 4 is 17.8 Å². The molecule has 0 aromatic heterocycles. The maximum Gasteiger partial charge on any atom is 0.364 e. The van der Waals surface area contributed by atoms with Gasteiger partial charge in [0, 0.05) is 19.8 Å². The summed E-state index contributed by atoms with van der Waals surface area (Å²) in [7, 11) is 0. The third-order valence-electron chi connectivity index (χ3n) is 16.1. The average molecular weight is 1210 g/mol. The van der Waals surface area contributed by atoms with Crippen molar-refractivity contribution in [1.82, 2.24) is 10.6 Å². The van der Waals surface area contributed by atoms with Crippen LogP contribution in [0.3, 0.4) is 0 Å². The summed E-state index contributed by atoms with van der Waals surface area (Å²) < 4.78 is 34.7. The molecule has 0 saturated carbocycles. The maximum atomic E-state index is 13.4. The predicted molar refractivity (Wildman–Crippen MR) is 311 cm³/mol. The number of nitrogens with one attached hydrogen (secondary N) is 2. The monoisotopic (exact) mass is 1210 g/mol. The number of ether oxygens (including phenoxy) is 6. The molecule has 0 bridgehead atoms. The van der Waals surface area contributed by atoms with Crippen molar-refractivity contribution in [2.45, 2.75) is 317 Å². The van der Waals surface area contributed by atoms with Gasteiger partial charge in [0.2, 0.25) is 11.8 Å². The van der Waals surface area contributed by atoms with Gasteiger partial charge < -0.3 is 100 Å². The fourth-order valence-electron chi connectivity index (χ4n) is 11.0. The molecule has 3 aliphatic rings. The van der Waals surface area contributed by atoms with E-state index in [1.54, 1.807) is 6.08 Å². The van der Waals surface area contributed by atoms with Crippen LogP contribution in [0.2, 0.25) is 0 Å². The van der Waals surface area contributed by atoms with Gasteiger partial charge in [-0.1, -0.05) is 167 Å². The van der Waals surface area contributed by atoms with Gasteiger partial charge in [-0.05, 0) is 44.9 Å². The van der Waals surface area contributed by atoms with Crippen LogP contribution in [0.1, 0.15) is 207 Å². The zero-order valence-corrected chi connectivity index (χ0v) is 50.5. The third-order valence-corrected chi connectivity index (χ3v) is 16.1. The van der Waals surface area contributed by atoms with Crippen molar-refractivity contribution < 1.29 is 104 Å². The normalized spacial score (nSPS) is 29.9. The summed E-state index contributed by atoms with van der Waals surface area (Å²) in [5, 5.41) is 135. The van der Waals surface area contributed by atoms with Gasteiger partial charge in [-0.2, -0.15) is 0 Å². The van der Waals surface area contributed by atoms with Crippen molar-refractivity contribution in [1.29, 1.82) is 0 Å². The largest absolute Gasteiger partial charge is 0.477 e. The number of carboxylic acid groups (broad SMARTS) is 1. The van der Waals surface area contributed by atoms with Crippen LogP contribution in [0.4, 0.5) is 0 Å². The number of aliphatic hydroxyl groups is 11. The van der Waals surface area contributed by atoms with Crippen LogP contribution in [0.25, 0.3) is 0 Å². The Hall–Kier alpha value is -2.79. The fourth-order valence-corrected chi connectivity index (χ4v) is 11.0. The lowest BCUT2D eigenvalue weighted by atomic mass is 9.88. The van der Waals surface area contributed by atoms with Crippen molar-refractivity contribution in [3.8, 4) is 0 Å². The van der Waals surface area contributed by atoms with Gasteiger partial charge in [0.15, 0.2) is 12.6 Å². The Labute approximate surface area is 498 Å². The van der Waals surface area contributed by atoms with E-state index in [1.807, 2.05) is 6.08 Å². The Balaban J connectivity index is 1.64. The van der Waals surface area contributed by atoms with Gasteiger partial charge in [0.25, 0.3) is 5.79 Å². The summed E-state index contributed by atoms with van der Waals surface area (Å²) in [6.45, 7) is 2.09. The fraction of sp³-hybridized carbons (Fsp3) is 0.885. The number of hydrogen-bond donors (Lipinski definition) is 14. The molecule has 23 heteroatoms. The highest BCUT2D eigenvalue weighted by atomic mass is 16.8. The first-order valence-electron chi connectivity index (χ1n) is 31.7. The molecule has 3 heterocycles. The number of aliphatic carboxylic acids is 1. The zero-order valence-electron chi connectivity index (χ0n) is 50.5. The van der Waals surface area contributed by atoms with Crippen LogP contribution >= 0.6 is 0 Å². The lowest BCUT2D eigenvalue weighted by molar-refractivity contribution is -0.386. The summed E-state index contributed by atoms with van der Waals surface area (Å²) in [6.07, 6.45) is 9.57. The van der Waals surface area contributed by atoms with Crippen molar-refractivity contribution in [3.05, 3.63) is 24.3 Å². The molecule has 18 unspecified atom stereocenters. The summed E-state index contributed by atoms with van der Waals surface area (Å²) in [5.41, 5.74) is 0. The number of aliphatic hydroxyl groups excluding tert-OH is 11. The van der Waals surface area contributed by atoms with E-state index >= 15 is 0 Å². The molecule has 0 aliphatic carbocycles. The first kappa shape index (κ1) is 75.5. The molecule has 3 rings (SSSR count). The van der Waals surface area contributed by atoms with E-state index in [-0.39, 0.29) is 12.3 Å². The standard InChI is InChI=1S/C61H110N2O21/c1-4-6-8-10-12-14-16-18-19-20-21-22-23-25-27-29-31-33-35-48(71)63-42(43(68)34-32-30-28-26-24-17-15-13-11-9-7-5-2)40-79-58-53(75)52(74)55(47(39-66)81-58)82-59-54(76)57(51(73)46(38-65)80-59)84-61(60(77)78)36-44(69)49(62-41(3)67)56(83-61)50(72)45(70)37-64/h21-22,32,34,42-47,49-59,64-66,68-70,72-76H,4-20,23-31,33,35-40H2,1-3H3,(H,62,67)(H,63,71)(H,77,78)/b22-21-,34-32+. The highest BCUT2D eigenvalue weighted by Crippen LogP contribution is 2.38. The molecule has 490 valence electrons. The molecule has 0 radical (unpaired) electrons. The van der Waals surface area contributed by atoms with Gasteiger partial charge in [0.1, 0.15) is 67.1 Å². The maximum absolute atomic E-state index is 13.4. The summed E-state index contributed by atoms with van der Waals surface area (Å²) in [5.74, 6) is -6.15. The molecule has 3 fully saturated rings. The average Bonchev–Trinajstić information content (AvgIpc) is 3.65. The summed E-state index contributed by atoms with van der Waals surface area (Å²) >= 11 is 0. The number of amides is 2. The molecule has 23 nitrogen and oxygen atoms in total. The van der Waals surface area contributed by atoms with E-state index in [0.29, 0.717) is 12.8 Å². The van der Waals surface area contributed by atoms with Crippen LogP contribution in [0, 0.1) is 0 Å². The Morgan fingerprint density at radius 3 is 1.62 bits per heavy atom. The lowest BCUT2D eigenvalue weighted by Gasteiger charge is -2.50. The van der Waals surface area contributed by atoms with Gasteiger partial charge in [-0.25, -0.2) is 4.79 Å². The van der Waals surface area contributed by atoms with Gasteiger partial charge in [0.05, 0.1) is 50.7 Å². The minimum absolute atomic E-state index is 0.190. The van der Waals surface area contributed by atoms with Crippen molar-refractivity contribution in [2.75, 3.05) is 26.4 Å². The number of carboxylic acids is 1. The second-order valence-corrected chi connectivity index (χ2v) is 23.3. The number of allylic oxidation sites excluding steroid dienone is 3. The second-order valence-electron chi connectivity index (χ2n) is 23.3. The highest BCUT2D eigenvalue weighted by molar-refractivity contribution is 5.77. The molecule has 0 aromatic rings. The van der Waals surface area contributed by atoms with E-state index in [1.165, 1.54) is 103 Å². The third kappa shape index (κ3) is 26.5. The van der Waals surface area contributed by atoms with E-state index < -0.39 is 155 Å².